The quantitative estimate of drug-likeness (QED) is 0.194. The molecule has 2 atom stereocenters. The van der Waals surface area contributed by atoms with E-state index in [1.807, 2.05) is 29.3 Å². The first-order chi connectivity index (χ1) is 19.0. The molecule has 4 heterocycles. The Balaban J connectivity index is 0.000000470. The van der Waals surface area contributed by atoms with Gasteiger partial charge in [0.1, 0.15) is 12.5 Å². The van der Waals surface area contributed by atoms with Crippen LogP contribution in [-0.2, 0) is 19.9 Å². The summed E-state index contributed by atoms with van der Waals surface area (Å²) >= 11 is 3.41. The molecule has 3 saturated heterocycles. The molecule has 220 valence electrons. The number of benzene rings is 1. The molecular weight excluding hydrogens is 563 g/mol. The Bertz CT molecular complexity index is 1100. The molecule has 4 aliphatic rings. The highest BCUT2D eigenvalue weighted by atomic mass is 32.2. The number of alkyl halides is 3. The van der Waals surface area contributed by atoms with Crippen molar-refractivity contribution in [3.05, 3.63) is 52.7 Å². The normalized spacial score (nSPS) is 26.0. The predicted octanol–water partition coefficient (Wildman–Crippen LogP) is 4.76. The summed E-state index contributed by atoms with van der Waals surface area (Å²) in [5.74, 6) is -1.86. The number of thioether (sulfide) groups is 1. The van der Waals surface area contributed by atoms with Gasteiger partial charge < -0.3 is 24.2 Å². The van der Waals surface area contributed by atoms with Crippen LogP contribution >= 0.6 is 23.1 Å². The number of thiophene rings is 1. The largest absolute Gasteiger partial charge is 0.542 e. The standard InChI is InChI=1S/C27H36NO3S2.C2HF3O2/c29-26(27(30,22-8-4-5-9-22)25-12-6-18-33-25)31-24-20-28(16-13-21(24)14-17-28)15-7-19-32-23-10-2-1-3-11-23;3-2(4,5)1(6)7/h1-3,6,10-12,18,21-22,24,30H,4-5,7-9,13-17,19-20H2;(H,6,7)/q+1;/p-1/t21?,24-,27+,28?;/m0./s1. The minimum absolute atomic E-state index is 0.0251. The first-order valence-electron chi connectivity index (χ1n) is 13.8. The predicted molar refractivity (Wildman–Crippen MR) is 145 cm³/mol. The second-order valence-corrected chi connectivity index (χ2v) is 13.1. The van der Waals surface area contributed by atoms with Crippen molar-refractivity contribution >= 4 is 35.0 Å². The summed E-state index contributed by atoms with van der Waals surface area (Å²) in [5.41, 5.74) is -1.48. The van der Waals surface area contributed by atoms with Crippen molar-refractivity contribution in [3.63, 3.8) is 0 Å². The number of rotatable bonds is 9. The molecule has 2 bridgehead atoms. The number of fused-ring (bicyclic) bond motifs is 3. The Morgan fingerprint density at radius 2 is 1.70 bits per heavy atom. The number of esters is 1. The van der Waals surface area contributed by atoms with E-state index in [1.54, 1.807) is 0 Å². The van der Waals surface area contributed by atoms with Crippen LogP contribution in [-0.4, -0.2) is 65.7 Å². The van der Waals surface area contributed by atoms with E-state index in [-0.39, 0.29) is 12.0 Å². The van der Waals surface area contributed by atoms with E-state index >= 15 is 0 Å². The fourth-order valence-electron chi connectivity index (χ4n) is 6.31. The number of hydrogen-bond donors (Lipinski definition) is 1. The minimum atomic E-state index is -5.19. The number of ether oxygens (including phenoxy) is 1. The summed E-state index contributed by atoms with van der Waals surface area (Å²) in [6.45, 7) is 4.47. The van der Waals surface area contributed by atoms with Gasteiger partial charge in [-0.05, 0) is 36.4 Å². The van der Waals surface area contributed by atoms with Crippen LogP contribution in [0.3, 0.4) is 0 Å². The Morgan fingerprint density at radius 3 is 2.27 bits per heavy atom. The number of aliphatic carboxylic acids is 1. The Morgan fingerprint density at radius 1 is 1.05 bits per heavy atom. The molecule has 40 heavy (non-hydrogen) atoms. The fourth-order valence-corrected chi connectivity index (χ4v) is 8.06. The van der Waals surface area contributed by atoms with Gasteiger partial charge >= 0.3 is 12.1 Å². The number of carbonyl (C=O) groups excluding carboxylic acids is 2. The molecule has 4 fully saturated rings. The molecule has 6 rings (SSSR count). The molecule has 1 aromatic carbocycles. The molecule has 2 aromatic rings. The Hall–Kier alpha value is -2.08. The maximum Gasteiger partial charge on any atom is 0.430 e. The van der Waals surface area contributed by atoms with E-state index in [9.17, 15) is 23.1 Å². The number of carboxylic acids is 1. The lowest BCUT2D eigenvalue weighted by atomic mass is 9.82. The maximum atomic E-state index is 13.5. The summed E-state index contributed by atoms with van der Waals surface area (Å²) < 4.78 is 38.8. The van der Waals surface area contributed by atoms with Gasteiger partial charge in [-0.3, -0.25) is 0 Å². The molecule has 1 saturated carbocycles. The maximum absolute atomic E-state index is 13.5. The molecule has 1 aliphatic carbocycles. The van der Waals surface area contributed by atoms with Crippen molar-refractivity contribution in [3.8, 4) is 0 Å². The van der Waals surface area contributed by atoms with E-state index in [2.05, 4.69) is 30.3 Å². The molecule has 3 aliphatic heterocycles. The molecule has 0 unspecified atom stereocenters. The van der Waals surface area contributed by atoms with E-state index in [0.29, 0.717) is 5.92 Å². The monoisotopic (exact) mass is 599 g/mol. The van der Waals surface area contributed by atoms with Gasteiger partial charge in [-0.1, -0.05) is 37.1 Å². The number of quaternary nitrogens is 1. The van der Waals surface area contributed by atoms with E-state index in [1.165, 1.54) is 35.7 Å². The lowest BCUT2D eigenvalue weighted by Crippen LogP contribution is -2.65. The van der Waals surface area contributed by atoms with E-state index in [0.717, 1.165) is 66.7 Å². The topological polar surface area (TPSA) is 86.7 Å². The van der Waals surface area contributed by atoms with Crippen molar-refractivity contribution in [1.82, 2.24) is 0 Å². The van der Waals surface area contributed by atoms with Crippen LogP contribution in [0, 0.1) is 11.8 Å². The summed E-state index contributed by atoms with van der Waals surface area (Å²) in [5, 5.41) is 22.4. The van der Waals surface area contributed by atoms with Crippen molar-refractivity contribution in [2.75, 3.05) is 31.9 Å². The second kappa shape index (κ2) is 13.3. The number of carboxylic acid groups (broad SMARTS) is 1. The molecule has 0 spiro atoms. The highest BCUT2D eigenvalue weighted by Crippen LogP contribution is 2.44. The lowest BCUT2D eigenvalue weighted by Gasteiger charge is -2.52. The van der Waals surface area contributed by atoms with Gasteiger partial charge in [0.15, 0.2) is 11.7 Å². The third-order valence-corrected chi connectivity index (χ3v) is 10.6. The zero-order valence-corrected chi connectivity index (χ0v) is 23.9. The van der Waals surface area contributed by atoms with Crippen molar-refractivity contribution in [2.45, 2.75) is 67.7 Å². The average Bonchev–Trinajstić information content (AvgIpc) is 3.68. The number of halogens is 3. The van der Waals surface area contributed by atoms with Crippen LogP contribution in [0.25, 0.3) is 0 Å². The first kappa shape index (κ1) is 30.9. The number of nitrogens with zero attached hydrogens (tertiary/aromatic N) is 1. The van der Waals surface area contributed by atoms with Gasteiger partial charge in [0.25, 0.3) is 0 Å². The molecule has 6 nitrogen and oxygen atoms in total. The lowest BCUT2D eigenvalue weighted by molar-refractivity contribution is -0.946. The van der Waals surface area contributed by atoms with Gasteiger partial charge in [0.05, 0.1) is 19.6 Å². The highest BCUT2D eigenvalue weighted by molar-refractivity contribution is 7.99. The van der Waals surface area contributed by atoms with Gasteiger partial charge in [-0.25, -0.2) is 4.79 Å². The van der Waals surface area contributed by atoms with Crippen molar-refractivity contribution < 1.29 is 42.2 Å². The minimum Gasteiger partial charge on any atom is -0.542 e. The zero-order valence-electron chi connectivity index (χ0n) is 22.3. The SMILES string of the molecule is O=C(O[C@H]1C[N+]2(CCCSc3ccccc3)CCC1CC2)[C@](O)(c1cccs1)C1CCCC1.O=C([O-])C(F)(F)F. The summed E-state index contributed by atoms with van der Waals surface area (Å²) in [4.78, 5) is 24.4. The highest BCUT2D eigenvalue weighted by Gasteiger charge is 2.53. The smallest absolute Gasteiger partial charge is 0.430 e. The number of carbonyl (C=O) groups is 2. The van der Waals surface area contributed by atoms with E-state index in [4.69, 9.17) is 14.6 Å². The summed E-state index contributed by atoms with van der Waals surface area (Å²) in [6, 6.07) is 14.4. The third kappa shape index (κ3) is 7.40. The van der Waals surface area contributed by atoms with Crippen molar-refractivity contribution in [1.29, 1.82) is 0 Å². The van der Waals surface area contributed by atoms with Gasteiger partial charge in [-0.2, -0.15) is 13.2 Å². The second-order valence-electron chi connectivity index (χ2n) is 11.0. The first-order valence-corrected chi connectivity index (χ1v) is 15.7. The Kier molecular flexibility index (Phi) is 10.2. The van der Waals surface area contributed by atoms with Crippen LogP contribution in [0.5, 0.6) is 0 Å². The van der Waals surface area contributed by atoms with Crippen LogP contribution in [0.2, 0.25) is 0 Å². The van der Waals surface area contributed by atoms with E-state index < -0.39 is 23.7 Å². The van der Waals surface area contributed by atoms with Crippen LogP contribution in [0.4, 0.5) is 13.2 Å². The molecule has 1 N–H and O–H groups in total. The summed E-state index contributed by atoms with van der Waals surface area (Å²) in [6.07, 6.45) is 2.14. The van der Waals surface area contributed by atoms with Crippen LogP contribution < -0.4 is 5.11 Å². The molecule has 11 heteroatoms. The number of piperidine rings is 3. The van der Waals surface area contributed by atoms with Gasteiger partial charge in [0.2, 0.25) is 0 Å². The third-order valence-electron chi connectivity index (χ3n) is 8.47. The van der Waals surface area contributed by atoms with Gasteiger partial charge in [-0.15, -0.1) is 23.1 Å². The molecule has 0 radical (unpaired) electrons. The van der Waals surface area contributed by atoms with Crippen molar-refractivity contribution in [2.24, 2.45) is 11.8 Å². The number of hydrogen-bond acceptors (Lipinski definition) is 7. The van der Waals surface area contributed by atoms with Crippen LogP contribution in [0.15, 0.2) is 52.7 Å². The van der Waals surface area contributed by atoms with Gasteiger partial charge in [0, 0.05) is 46.6 Å². The Labute approximate surface area is 241 Å². The average molecular weight is 600 g/mol. The summed E-state index contributed by atoms with van der Waals surface area (Å²) in [7, 11) is 0. The fraction of sp³-hybridized carbons (Fsp3) is 0.586. The molecular formula is C29H36F3NO5S2. The van der Waals surface area contributed by atoms with Crippen LogP contribution in [0.1, 0.15) is 49.8 Å². The zero-order chi connectivity index (χ0) is 28.8. The molecule has 0 amide bonds. The number of aliphatic hydroxyl groups is 1. The molecule has 1 aromatic heterocycles.